The zero-order valence-electron chi connectivity index (χ0n) is 15.4. The van der Waals surface area contributed by atoms with E-state index in [1.807, 2.05) is 36.4 Å². The maximum absolute atomic E-state index is 8.55. The molecule has 1 N–H and O–H groups in total. The van der Waals surface area contributed by atoms with Crippen LogP contribution in [0.2, 0.25) is 5.02 Å². The van der Waals surface area contributed by atoms with Crippen molar-refractivity contribution in [3.63, 3.8) is 0 Å². The van der Waals surface area contributed by atoms with Crippen LogP contribution in [-0.2, 0) is 13.0 Å². The quantitative estimate of drug-likeness (QED) is 0.511. The molecule has 0 aliphatic heterocycles. The Kier molecular flexibility index (Phi) is 7.42. The lowest BCUT2D eigenvalue weighted by Gasteiger charge is -2.08. The minimum absolute atomic E-state index is 0.511. The molecule has 0 saturated carbocycles. The normalized spacial score (nSPS) is 10.6. The molecule has 0 saturated heterocycles. The monoisotopic (exact) mass is 396 g/mol. The van der Waals surface area contributed by atoms with Crippen molar-refractivity contribution >= 4 is 11.6 Å². The Bertz CT molecular complexity index is 919. The molecule has 144 valence electrons. The Balaban J connectivity index is 1.42. The van der Waals surface area contributed by atoms with E-state index in [-0.39, 0.29) is 0 Å². The second-order valence-corrected chi connectivity index (χ2v) is 6.64. The summed E-state index contributed by atoms with van der Waals surface area (Å²) < 4.78 is 11.0. The first-order valence-corrected chi connectivity index (χ1v) is 9.50. The molecule has 1 heterocycles. The SMILES string of the molecule is N#CCCCOc1cccc(CNCCc2nc(-c3ccc(Cl)cc3)no2)c1. The number of ether oxygens (including phenoxy) is 1. The van der Waals surface area contributed by atoms with Gasteiger partial charge in [-0.05, 0) is 48.4 Å². The van der Waals surface area contributed by atoms with Gasteiger partial charge in [0, 0.05) is 36.5 Å². The molecular formula is C21H21ClN4O2. The number of hydrogen-bond donors (Lipinski definition) is 1. The summed E-state index contributed by atoms with van der Waals surface area (Å²) in [5.41, 5.74) is 2.00. The Labute approximate surface area is 169 Å². The lowest BCUT2D eigenvalue weighted by atomic mass is 10.2. The number of rotatable bonds is 10. The molecule has 0 atom stereocenters. The third-order valence-electron chi connectivity index (χ3n) is 4.02. The number of nitriles is 1. The van der Waals surface area contributed by atoms with Crippen molar-refractivity contribution < 1.29 is 9.26 Å². The third-order valence-corrected chi connectivity index (χ3v) is 4.27. The summed E-state index contributed by atoms with van der Waals surface area (Å²) in [6, 6.07) is 17.4. The van der Waals surface area contributed by atoms with Gasteiger partial charge >= 0.3 is 0 Å². The van der Waals surface area contributed by atoms with Gasteiger partial charge in [0.25, 0.3) is 0 Å². The van der Waals surface area contributed by atoms with E-state index in [2.05, 4.69) is 21.5 Å². The average Bonchev–Trinajstić information content (AvgIpc) is 3.18. The Morgan fingerprint density at radius 3 is 2.86 bits per heavy atom. The Hall–Kier alpha value is -2.88. The minimum Gasteiger partial charge on any atom is -0.494 e. The van der Waals surface area contributed by atoms with Crippen molar-refractivity contribution in [3.8, 4) is 23.2 Å². The maximum Gasteiger partial charge on any atom is 0.228 e. The zero-order valence-corrected chi connectivity index (χ0v) is 16.2. The van der Waals surface area contributed by atoms with Gasteiger partial charge in [0.15, 0.2) is 0 Å². The highest BCUT2D eigenvalue weighted by molar-refractivity contribution is 6.30. The van der Waals surface area contributed by atoms with Crippen LogP contribution in [0, 0.1) is 11.3 Å². The van der Waals surface area contributed by atoms with Gasteiger partial charge in [0.1, 0.15) is 5.75 Å². The molecule has 2 aromatic carbocycles. The smallest absolute Gasteiger partial charge is 0.228 e. The highest BCUT2D eigenvalue weighted by Gasteiger charge is 2.08. The summed E-state index contributed by atoms with van der Waals surface area (Å²) in [5, 5.41) is 16.6. The molecule has 0 bridgehead atoms. The maximum atomic E-state index is 8.55. The van der Waals surface area contributed by atoms with Crippen molar-refractivity contribution in [1.82, 2.24) is 15.5 Å². The van der Waals surface area contributed by atoms with Gasteiger partial charge in [0.2, 0.25) is 11.7 Å². The van der Waals surface area contributed by atoms with Gasteiger partial charge in [-0.15, -0.1) is 0 Å². The van der Waals surface area contributed by atoms with Crippen LogP contribution in [0.5, 0.6) is 5.75 Å². The van der Waals surface area contributed by atoms with E-state index >= 15 is 0 Å². The lowest BCUT2D eigenvalue weighted by Crippen LogP contribution is -2.16. The third kappa shape index (κ3) is 6.08. The topological polar surface area (TPSA) is 84.0 Å². The fourth-order valence-electron chi connectivity index (χ4n) is 2.59. The number of nitrogens with one attached hydrogen (secondary N) is 1. The average molecular weight is 397 g/mol. The van der Waals surface area contributed by atoms with Crippen molar-refractivity contribution in [1.29, 1.82) is 5.26 Å². The van der Waals surface area contributed by atoms with E-state index in [1.165, 1.54) is 0 Å². The number of nitrogens with zero attached hydrogens (tertiary/aromatic N) is 3. The molecule has 1 aromatic heterocycles. The highest BCUT2D eigenvalue weighted by atomic mass is 35.5. The van der Waals surface area contributed by atoms with E-state index < -0.39 is 0 Å². The molecule has 7 heteroatoms. The van der Waals surface area contributed by atoms with Gasteiger partial charge in [-0.1, -0.05) is 28.9 Å². The first-order chi connectivity index (χ1) is 13.7. The van der Waals surface area contributed by atoms with Gasteiger partial charge in [-0.3, -0.25) is 0 Å². The van der Waals surface area contributed by atoms with E-state index in [4.69, 9.17) is 26.1 Å². The molecule has 28 heavy (non-hydrogen) atoms. The van der Waals surface area contributed by atoms with Gasteiger partial charge < -0.3 is 14.6 Å². The van der Waals surface area contributed by atoms with E-state index in [0.29, 0.717) is 42.7 Å². The van der Waals surface area contributed by atoms with Gasteiger partial charge in [0.05, 0.1) is 12.7 Å². The predicted octanol–water partition coefficient (Wildman–Crippen LogP) is 4.40. The molecule has 0 fully saturated rings. The van der Waals surface area contributed by atoms with Crippen LogP contribution in [0.4, 0.5) is 0 Å². The summed E-state index contributed by atoms with van der Waals surface area (Å²) >= 11 is 5.89. The van der Waals surface area contributed by atoms with Crippen LogP contribution in [0.15, 0.2) is 53.1 Å². The van der Waals surface area contributed by atoms with Crippen molar-refractivity contribution in [3.05, 3.63) is 65.0 Å². The molecule has 0 amide bonds. The fourth-order valence-corrected chi connectivity index (χ4v) is 2.71. The fraction of sp³-hybridized carbons (Fsp3) is 0.286. The van der Waals surface area contributed by atoms with Crippen LogP contribution >= 0.6 is 11.6 Å². The number of aromatic nitrogens is 2. The molecule has 3 rings (SSSR count). The number of halogens is 1. The van der Waals surface area contributed by atoms with Crippen LogP contribution in [-0.4, -0.2) is 23.3 Å². The standard InChI is InChI=1S/C21H21ClN4O2/c22-18-8-6-17(7-9-18)21-25-20(28-26-21)10-12-24-15-16-4-3-5-19(14-16)27-13-2-1-11-23/h3-9,14,24H,1-2,10,12-13,15H2. The molecule has 6 nitrogen and oxygen atoms in total. The zero-order chi connectivity index (χ0) is 19.6. The first-order valence-electron chi connectivity index (χ1n) is 9.12. The summed E-state index contributed by atoms with van der Waals surface area (Å²) in [6.07, 6.45) is 1.89. The van der Waals surface area contributed by atoms with E-state index in [9.17, 15) is 0 Å². The minimum atomic E-state index is 0.511. The van der Waals surface area contributed by atoms with Crippen molar-refractivity contribution in [2.24, 2.45) is 0 Å². The van der Waals surface area contributed by atoms with Crippen molar-refractivity contribution in [2.45, 2.75) is 25.8 Å². The molecule has 3 aromatic rings. The van der Waals surface area contributed by atoms with Gasteiger partial charge in [-0.2, -0.15) is 10.2 Å². The molecule has 0 aliphatic rings. The Morgan fingerprint density at radius 1 is 1.18 bits per heavy atom. The number of benzene rings is 2. The Morgan fingerprint density at radius 2 is 2.04 bits per heavy atom. The van der Waals surface area contributed by atoms with Crippen LogP contribution in [0.1, 0.15) is 24.3 Å². The van der Waals surface area contributed by atoms with Gasteiger partial charge in [-0.25, -0.2) is 0 Å². The van der Waals surface area contributed by atoms with Crippen LogP contribution in [0.3, 0.4) is 0 Å². The molecule has 0 radical (unpaired) electrons. The number of hydrogen-bond acceptors (Lipinski definition) is 6. The first kappa shape index (κ1) is 19.9. The molecule has 0 aliphatic carbocycles. The van der Waals surface area contributed by atoms with E-state index in [0.717, 1.165) is 29.8 Å². The second-order valence-electron chi connectivity index (χ2n) is 6.20. The van der Waals surface area contributed by atoms with Crippen LogP contribution in [0.25, 0.3) is 11.4 Å². The highest BCUT2D eigenvalue weighted by Crippen LogP contribution is 2.18. The summed E-state index contributed by atoms with van der Waals surface area (Å²) in [4.78, 5) is 4.41. The molecular weight excluding hydrogens is 376 g/mol. The second kappa shape index (κ2) is 10.5. The lowest BCUT2D eigenvalue weighted by molar-refractivity contribution is 0.312. The van der Waals surface area contributed by atoms with Crippen LogP contribution < -0.4 is 10.1 Å². The predicted molar refractivity (Wildman–Crippen MR) is 107 cm³/mol. The molecule has 0 spiro atoms. The summed E-state index contributed by atoms with van der Waals surface area (Å²) in [6.45, 7) is 1.99. The summed E-state index contributed by atoms with van der Waals surface area (Å²) in [7, 11) is 0. The number of unbranched alkanes of at least 4 members (excludes halogenated alkanes) is 1. The summed E-state index contributed by atoms with van der Waals surface area (Å²) in [5.74, 6) is 1.97. The molecule has 0 unspecified atom stereocenters. The largest absolute Gasteiger partial charge is 0.494 e. The van der Waals surface area contributed by atoms with Crippen molar-refractivity contribution in [2.75, 3.05) is 13.2 Å². The van der Waals surface area contributed by atoms with E-state index in [1.54, 1.807) is 12.1 Å².